The molecule has 1 heterocycles. The summed E-state index contributed by atoms with van der Waals surface area (Å²) < 4.78 is 26.3. The van der Waals surface area contributed by atoms with Crippen molar-refractivity contribution in [2.24, 2.45) is 0 Å². The molecule has 3 rings (SSSR count). The number of hydrogen-bond acceptors (Lipinski definition) is 2. The molecule has 5 heteroatoms. The number of allylic oxidation sites excluding steroid dienone is 1. The number of ketones is 1. The van der Waals surface area contributed by atoms with Gasteiger partial charge in [0.1, 0.15) is 0 Å². The van der Waals surface area contributed by atoms with Crippen LogP contribution in [0.5, 0.6) is 0 Å². The highest BCUT2D eigenvalue weighted by Crippen LogP contribution is 2.21. The number of aromatic nitrogens is 2. The van der Waals surface area contributed by atoms with Crippen molar-refractivity contribution in [2.75, 3.05) is 0 Å². The number of hydrogen-bond donors (Lipinski definition) is 1. The quantitative estimate of drug-likeness (QED) is 0.545. The third kappa shape index (κ3) is 3.71. The van der Waals surface area contributed by atoms with E-state index in [0.29, 0.717) is 22.5 Å². The Kier molecular flexibility index (Phi) is 4.57. The SMILES string of the molecule is Cc1ccc(C(=O)C=Cc2cc(-c3ccc(F)c(F)c3)n[nH]2)cc1C. The Morgan fingerprint density at radius 1 is 1.00 bits per heavy atom. The lowest BCUT2D eigenvalue weighted by Gasteiger charge is -2.01. The number of rotatable bonds is 4. The monoisotopic (exact) mass is 338 g/mol. The van der Waals surface area contributed by atoms with E-state index < -0.39 is 11.6 Å². The van der Waals surface area contributed by atoms with Gasteiger partial charge in [-0.05, 0) is 67.5 Å². The van der Waals surface area contributed by atoms with E-state index in [0.717, 1.165) is 23.3 Å². The zero-order chi connectivity index (χ0) is 18.0. The molecule has 0 spiro atoms. The minimum absolute atomic E-state index is 0.118. The number of aromatic amines is 1. The highest BCUT2D eigenvalue weighted by molar-refractivity contribution is 6.06. The molecule has 0 fully saturated rings. The number of benzene rings is 2. The minimum atomic E-state index is -0.928. The molecule has 0 bridgehead atoms. The number of H-pyrrole nitrogens is 1. The van der Waals surface area contributed by atoms with Crippen molar-refractivity contribution in [3.63, 3.8) is 0 Å². The Labute approximate surface area is 144 Å². The lowest BCUT2D eigenvalue weighted by atomic mass is 10.0. The van der Waals surface area contributed by atoms with E-state index in [1.807, 2.05) is 26.0 Å². The van der Waals surface area contributed by atoms with Crippen LogP contribution in [0.2, 0.25) is 0 Å². The molecule has 1 N–H and O–H groups in total. The first kappa shape index (κ1) is 16.8. The standard InChI is InChI=1S/C20H16F2N2O/c1-12-3-4-15(9-13(12)2)20(25)8-6-16-11-19(24-23-16)14-5-7-17(21)18(22)10-14/h3-11H,1-2H3,(H,23,24). The summed E-state index contributed by atoms with van der Waals surface area (Å²) in [6.45, 7) is 3.95. The highest BCUT2D eigenvalue weighted by Gasteiger charge is 2.08. The van der Waals surface area contributed by atoms with Gasteiger partial charge in [-0.2, -0.15) is 5.10 Å². The van der Waals surface area contributed by atoms with E-state index in [1.165, 1.54) is 12.1 Å². The van der Waals surface area contributed by atoms with Crippen LogP contribution in [0, 0.1) is 25.5 Å². The molecule has 2 aromatic carbocycles. The van der Waals surface area contributed by atoms with E-state index in [1.54, 1.807) is 18.2 Å². The zero-order valence-corrected chi connectivity index (χ0v) is 13.8. The summed E-state index contributed by atoms with van der Waals surface area (Å²) in [7, 11) is 0. The van der Waals surface area contributed by atoms with E-state index in [9.17, 15) is 13.6 Å². The smallest absolute Gasteiger partial charge is 0.185 e. The zero-order valence-electron chi connectivity index (χ0n) is 13.8. The van der Waals surface area contributed by atoms with Gasteiger partial charge in [0.15, 0.2) is 17.4 Å². The molecule has 0 radical (unpaired) electrons. The van der Waals surface area contributed by atoms with E-state index >= 15 is 0 Å². The molecule has 0 saturated heterocycles. The fourth-order valence-corrected chi connectivity index (χ4v) is 2.38. The second-order valence-electron chi connectivity index (χ2n) is 5.83. The summed E-state index contributed by atoms with van der Waals surface area (Å²) >= 11 is 0. The molecule has 1 aromatic heterocycles. The van der Waals surface area contributed by atoms with Gasteiger partial charge in [-0.15, -0.1) is 0 Å². The van der Waals surface area contributed by atoms with Gasteiger partial charge < -0.3 is 0 Å². The molecular formula is C20H16F2N2O. The molecule has 0 atom stereocenters. The van der Waals surface area contributed by atoms with Gasteiger partial charge in [0.05, 0.1) is 11.4 Å². The second-order valence-corrected chi connectivity index (χ2v) is 5.83. The van der Waals surface area contributed by atoms with Crippen LogP contribution in [0.1, 0.15) is 27.2 Å². The number of halogens is 2. The molecule has 0 aliphatic carbocycles. The number of carbonyl (C=O) groups is 1. The maximum Gasteiger partial charge on any atom is 0.185 e. The predicted molar refractivity (Wildman–Crippen MR) is 93.2 cm³/mol. The summed E-state index contributed by atoms with van der Waals surface area (Å²) in [6.07, 6.45) is 3.06. The molecule has 0 unspecified atom stereocenters. The molecule has 3 nitrogen and oxygen atoms in total. The van der Waals surface area contributed by atoms with Gasteiger partial charge in [-0.25, -0.2) is 8.78 Å². The van der Waals surface area contributed by atoms with Crippen LogP contribution >= 0.6 is 0 Å². The topological polar surface area (TPSA) is 45.8 Å². The Hall–Kier alpha value is -3.08. The van der Waals surface area contributed by atoms with Gasteiger partial charge >= 0.3 is 0 Å². The van der Waals surface area contributed by atoms with Crippen molar-refractivity contribution >= 4 is 11.9 Å². The first-order valence-electron chi connectivity index (χ1n) is 7.74. The van der Waals surface area contributed by atoms with Crippen LogP contribution in [0.4, 0.5) is 8.78 Å². The lowest BCUT2D eigenvalue weighted by molar-refractivity contribution is 0.104. The van der Waals surface area contributed by atoms with Crippen LogP contribution in [-0.2, 0) is 0 Å². The number of nitrogens with zero attached hydrogens (tertiary/aromatic N) is 1. The maximum atomic E-state index is 13.3. The van der Waals surface area contributed by atoms with E-state index in [4.69, 9.17) is 0 Å². The first-order valence-corrected chi connectivity index (χ1v) is 7.74. The molecule has 0 saturated carbocycles. The Bertz CT molecular complexity index is 974. The lowest BCUT2D eigenvalue weighted by Crippen LogP contribution is -1.95. The van der Waals surface area contributed by atoms with Crippen LogP contribution in [0.15, 0.2) is 48.5 Å². The van der Waals surface area contributed by atoms with Crippen molar-refractivity contribution in [1.29, 1.82) is 0 Å². The average molecular weight is 338 g/mol. The van der Waals surface area contributed by atoms with Gasteiger partial charge in [-0.3, -0.25) is 9.89 Å². The van der Waals surface area contributed by atoms with Crippen molar-refractivity contribution in [3.8, 4) is 11.3 Å². The molecule has 3 aromatic rings. The van der Waals surface area contributed by atoms with Gasteiger partial charge in [0.25, 0.3) is 0 Å². The number of carbonyl (C=O) groups excluding carboxylic acids is 1. The Morgan fingerprint density at radius 3 is 2.52 bits per heavy atom. The van der Waals surface area contributed by atoms with Crippen molar-refractivity contribution in [1.82, 2.24) is 10.2 Å². The van der Waals surface area contributed by atoms with Gasteiger partial charge in [0, 0.05) is 11.1 Å². The molecule has 0 aliphatic rings. The first-order chi connectivity index (χ1) is 11.9. The molecule has 0 amide bonds. The van der Waals surface area contributed by atoms with Crippen LogP contribution < -0.4 is 0 Å². The summed E-state index contributed by atoms with van der Waals surface area (Å²) in [4.78, 5) is 12.2. The summed E-state index contributed by atoms with van der Waals surface area (Å²) in [5.74, 6) is -1.95. The fraction of sp³-hybridized carbons (Fsp3) is 0.100. The third-order valence-electron chi connectivity index (χ3n) is 4.02. The molecular weight excluding hydrogens is 322 g/mol. The average Bonchev–Trinajstić information content (AvgIpc) is 3.06. The Balaban J connectivity index is 1.78. The van der Waals surface area contributed by atoms with Crippen molar-refractivity contribution < 1.29 is 13.6 Å². The van der Waals surface area contributed by atoms with Crippen molar-refractivity contribution in [3.05, 3.63) is 82.6 Å². The summed E-state index contributed by atoms with van der Waals surface area (Å²) in [5, 5.41) is 6.82. The maximum absolute atomic E-state index is 13.3. The molecule has 25 heavy (non-hydrogen) atoms. The molecule has 0 aliphatic heterocycles. The van der Waals surface area contributed by atoms with Crippen molar-refractivity contribution in [2.45, 2.75) is 13.8 Å². The number of nitrogens with one attached hydrogen (secondary N) is 1. The van der Waals surface area contributed by atoms with E-state index in [-0.39, 0.29) is 5.78 Å². The summed E-state index contributed by atoms with van der Waals surface area (Å²) in [6, 6.07) is 10.8. The second kappa shape index (κ2) is 6.81. The third-order valence-corrected chi connectivity index (χ3v) is 4.02. The van der Waals surface area contributed by atoms with Crippen LogP contribution in [0.3, 0.4) is 0 Å². The van der Waals surface area contributed by atoms with E-state index in [2.05, 4.69) is 10.2 Å². The molecule has 126 valence electrons. The predicted octanol–water partition coefficient (Wildman–Crippen LogP) is 4.87. The largest absolute Gasteiger partial charge is 0.289 e. The van der Waals surface area contributed by atoms with Crippen LogP contribution in [-0.4, -0.2) is 16.0 Å². The highest BCUT2D eigenvalue weighted by atomic mass is 19.2. The summed E-state index contributed by atoms with van der Waals surface area (Å²) in [5.41, 5.74) is 4.32. The fourth-order valence-electron chi connectivity index (χ4n) is 2.38. The minimum Gasteiger partial charge on any atom is -0.289 e. The normalized spacial score (nSPS) is 11.2. The van der Waals surface area contributed by atoms with Gasteiger partial charge in [-0.1, -0.05) is 12.1 Å². The van der Waals surface area contributed by atoms with Crippen LogP contribution in [0.25, 0.3) is 17.3 Å². The number of aryl methyl sites for hydroxylation is 2. The van der Waals surface area contributed by atoms with Gasteiger partial charge in [0.2, 0.25) is 0 Å². The Morgan fingerprint density at radius 2 is 1.80 bits per heavy atom.